The molecule has 0 spiro atoms. The summed E-state index contributed by atoms with van der Waals surface area (Å²) in [4.78, 5) is 0. The first kappa shape index (κ1) is 15.7. The maximum absolute atomic E-state index is 13.3. The van der Waals surface area contributed by atoms with Crippen molar-refractivity contribution in [1.82, 2.24) is 5.43 Å². The molecule has 4 heteroatoms. The van der Waals surface area contributed by atoms with E-state index in [-0.39, 0.29) is 11.9 Å². The third-order valence-corrected chi connectivity index (χ3v) is 5.07. The molecule has 112 valence electrons. The van der Waals surface area contributed by atoms with Gasteiger partial charge in [-0.3, -0.25) is 11.3 Å². The van der Waals surface area contributed by atoms with Crippen molar-refractivity contribution in [2.45, 2.75) is 51.5 Å². The number of hydrazine groups is 1. The van der Waals surface area contributed by atoms with Crippen LogP contribution in [0.15, 0.2) is 18.2 Å². The van der Waals surface area contributed by atoms with Gasteiger partial charge in [-0.1, -0.05) is 37.8 Å². The highest BCUT2D eigenvalue weighted by molar-refractivity contribution is 6.31. The first-order chi connectivity index (χ1) is 9.63. The van der Waals surface area contributed by atoms with Gasteiger partial charge in [0.15, 0.2) is 0 Å². The Bertz CT molecular complexity index is 430. The van der Waals surface area contributed by atoms with Crippen LogP contribution in [0.5, 0.6) is 0 Å². The van der Waals surface area contributed by atoms with Crippen molar-refractivity contribution in [2.24, 2.45) is 17.7 Å². The maximum atomic E-state index is 13.3. The second-order valence-corrected chi connectivity index (χ2v) is 6.31. The molecule has 1 aromatic carbocycles. The highest BCUT2D eigenvalue weighted by Crippen LogP contribution is 2.33. The number of nitrogens with two attached hydrogens (primary N) is 1. The van der Waals surface area contributed by atoms with E-state index in [9.17, 15) is 4.39 Å². The Balaban J connectivity index is 2.00. The van der Waals surface area contributed by atoms with Crippen LogP contribution in [-0.4, -0.2) is 6.04 Å². The number of hydrogen-bond donors (Lipinski definition) is 2. The largest absolute Gasteiger partial charge is 0.271 e. The summed E-state index contributed by atoms with van der Waals surface area (Å²) in [5.41, 5.74) is 3.76. The average Bonchev–Trinajstić information content (AvgIpc) is 2.48. The molecule has 0 heterocycles. The zero-order valence-corrected chi connectivity index (χ0v) is 12.8. The number of hydrogen-bond acceptors (Lipinski definition) is 2. The van der Waals surface area contributed by atoms with E-state index in [1.807, 2.05) is 0 Å². The van der Waals surface area contributed by atoms with Gasteiger partial charge >= 0.3 is 0 Å². The Kier molecular flexibility index (Phi) is 5.82. The van der Waals surface area contributed by atoms with Crippen molar-refractivity contribution < 1.29 is 4.39 Å². The van der Waals surface area contributed by atoms with Crippen LogP contribution in [0.3, 0.4) is 0 Å². The molecule has 2 rings (SSSR count). The van der Waals surface area contributed by atoms with Crippen molar-refractivity contribution in [2.75, 3.05) is 0 Å². The Hall–Kier alpha value is -0.640. The van der Waals surface area contributed by atoms with Crippen molar-refractivity contribution in [1.29, 1.82) is 0 Å². The standard InChI is InChI=1S/C16H24ClFN2/c1-2-11-3-5-12(6-4-11)16(20-19)10-13-9-14(18)7-8-15(13)17/h7-9,11-12,16,20H,2-6,10,19H2,1H3. The van der Waals surface area contributed by atoms with Crippen LogP contribution < -0.4 is 11.3 Å². The zero-order valence-electron chi connectivity index (χ0n) is 12.0. The summed E-state index contributed by atoms with van der Waals surface area (Å²) in [7, 11) is 0. The van der Waals surface area contributed by atoms with Gasteiger partial charge in [-0.25, -0.2) is 4.39 Å². The summed E-state index contributed by atoms with van der Waals surface area (Å²) < 4.78 is 13.3. The van der Waals surface area contributed by atoms with Crippen molar-refractivity contribution in [3.8, 4) is 0 Å². The molecule has 1 saturated carbocycles. The molecule has 1 unspecified atom stereocenters. The zero-order chi connectivity index (χ0) is 14.5. The molecule has 1 aromatic rings. The van der Waals surface area contributed by atoms with Crippen LogP contribution in [0.1, 0.15) is 44.6 Å². The molecule has 20 heavy (non-hydrogen) atoms. The number of halogens is 2. The molecule has 1 aliphatic rings. The Morgan fingerprint density at radius 2 is 2.05 bits per heavy atom. The number of benzene rings is 1. The van der Waals surface area contributed by atoms with Gasteiger partial charge in [-0.15, -0.1) is 0 Å². The smallest absolute Gasteiger partial charge is 0.123 e. The van der Waals surface area contributed by atoms with Crippen LogP contribution in [0.4, 0.5) is 4.39 Å². The van der Waals surface area contributed by atoms with E-state index in [1.54, 1.807) is 6.07 Å². The summed E-state index contributed by atoms with van der Waals surface area (Å²) >= 11 is 6.15. The highest BCUT2D eigenvalue weighted by Gasteiger charge is 2.27. The number of nitrogens with one attached hydrogen (secondary N) is 1. The monoisotopic (exact) mass is 298 g/mol. The van der Waals surface area contributed by atoms with E-state index in [0.29, 0.717) is 17.4 Å². The van der Waals surface area contributed by atoms with Crippen LogP contribution in [0.25, 0.3) is 0 Å². The third kappa shape index (κ3) is 3.94. The Labute approximate surface area is 125 Å². The fraction of sp³-hybridized carbons (Fsp3) is 0.625. The molecule has 0 radical (unpaired) electrons. The van der Waals surface area contributed by atoms with E-state index in [4.69, 9.17) is 17.4 Å². The van der Waals surface area contributed by atoms with Crippen LogP contribution >= 0.6 is 11.6 Å². The van der Waals surface area contributed by atoms with Gasteiger partial charge in [0.25, 0.3) is 0 Å². The predicted octanol–water partition coefficient (Wildman–Crippen LogP) is 4.07. The normalized spacial score (nSPS) is 24.6. The molecular weight excluding hydrogens is 275 g/mol. The molecule has 1 atom stereocenters. The molecular formula is C16H24ClFN2. The van der Waals surface area contributed by atoms with Crippen molar-refractivity contribution >= 4 is 11.6 Å². The van der Waals surface area contributed by atoms with Gasteiger partial charge < -0.3 is 0 Å². The first-order valence-corrected chi connectivity index (χ1v) is 7.91. The molecule has 0 aliphatic heterocycles. The minimum atomic E-state index is -0.241. The van der Waals surface area contributed by atoms with Crippen LogP contribution in [0, 0.1) is 17.7 Å². The van der Waals surface area contributed by atoms with Gasteiger partial charge in [0.2, 0.25) is 0 Å². The minimum Gasteiger partial charge on any atom is -0.271 e. The molecule has 1 aliphatic carbocycles. The van der Waals surface area contributed by atoms with E-state index in [2.05, 4.69) is 12.3 Å². The molecule has 0 amide bonds. The highest BCUT2D eigenvalue weighted by atomic mass is 35.5. The summed E-state index contributed by atoms with van der Waals surface area (Å²) in [5.74, 6) is 6.90. The molecule has 0 saturated heterocycles. The van der Waals surface area contributed by atoms with Gasteiger partial charge in [0, 0.05) is 11.1 Å². The quantitative estimate of drug-likeness (QED) is 0.635. The van der Waals surface area contributed by atoms with Gasteiger partial charge in [-0.05, 0) is 54.9 Å². The topological polar surface area (TPSA) is 38.0 Å². The Morgan fingerprint density at radius 3 is 2.65 bits per heavy atom. The molecule has 2 nitrogen and oxygen atoms in total. The summed E-state index contributed by atoms with van der Waals surface area (Å²) in [6.45, 7) is 2.26. The number of rotatable bonds is 5. The van der Waals surface area contributed by atoms with E-state index in [0.717, 1.165) is 11.5 Å². The van der Waals surface area contributed by atoms with Gasteiger partial charge in [-0.2, -0.15) is 0 Å². The minimum absolute atomic E-state index is 0.173. The third-order valence-electron chi connectivity index (χ3n) is 4.70. The molecule has 0 aromatic heterocycles. The summed E-state index contributed by atoms with van der Waals surface area (Å²) in [6.07, 6.45) is 6.89. The van der Waals surface area contributed by atoms with Gasteiger partial charge in [0.05, 0.1) is 0 Å². The average molecular weight is 299 g/mol. The van der Waals surface area contributed by atoms with E-state index < -0.39 is 0 Å². The lowest BCUT2D eigenvalue weighted by molar-refractivity contribution is 0.217. The first-order valence-electron chi connectivity index (χ1n) is 7.54. The second-order valence-electron chi connectivity index (χ2n) is 5.90. The van der Waals surface area contributed by atoms with Crippen LogP contribution in [0.2, 0.25) is 5.02 Å². The summed E-state index contributed by atoms with van der Waals surface area (Å²) in [5, 5.41) is 0.619. The molecule has 0 bridgehead atoms. The van der Waals surface area contributed by atoms with Crippen LogP contribution in [-0.2, 0) is 6.42 Å². The molecule has 3 N–H and O–H groups in total. The van der Waals surface area contributed by atoms with Crippen molar-refractivity contribution in [3.05, 3.63) is 34.6 Å². The lowest BCUT2D eigenvalue weighted by Crippen LogP contribution is -2.43. The molecule has 1 fully saturated rings. The lowest BCUT2D eigenvalue weighted by atomic mass is 9.76. The maximum Gasteiger partial charge on any atom is 0.123 e. The Morgan fingerprint density at radius 1 is 1.35 bits per heavy atom. The van der Waals surface area contributed by atoms with Gasteiger partial charge in [0.1, 0.15) is 5.82 Å². The lowest BCUT2D eigenvalue weighted by Gasteiger charge is -2.33. The van der Waals surface area contributed by atoms with E-state index >= 15 is 0 Å². The fourth-order valence-corrected chi connectivity index (χ4v) is 3.49. The van der Waals surface area contributed by atoms with Crippen molar-refractivity contribution in [3.63, 3.8) is 0 Å². The SMILES string of the molecule is CCC1CCC(C(Cc2cc(F)ccc2Cl)NN)CC1. The summed E-state index contributed by atoms with van der Waals surface area (Å²) in [6, 6.07) is 4.70. The second kappa shape index (κ2) is 7.39. The van der Waals surface area contributed by atoms with E-state index in [1.165, 1.54) is 44.2 Å². The predicted molar refractivity (Wildman–Crippen MR) is 82.0 cm³/mol. The fourth-order valence-electron chi connectivity index (χ4n) is 3.30.